The van der Waals surface area contributed by atoms with E-state index in [1.54, 1.807) is 17.4 Å². The number of hydrogen-bond acceptors (Lipinski definition) is 4. The van der Waals surface area contributed by atoms with Crippen LogP contribution in [0.1, 0.15) is 51.1 Å². The molecule has 24 heavy (non-hydrogen) atoms. The van der Waals surface area contributed by atoms with Gasteiger partial charge in [0.2, 0.25) is 0 Å². The van der Waals surface area contributed by atoms with Gasteiger partial charge in [-0.05, 0) is 44.4 Å². The highest BCUT2D eigenvalue weighted by Crippen LogP contribution is 2.21. The zero-order valence-corrected chi connectivity index (χ0v) is 15.3. The molecule has 0 saturated heterocycles. The highest BCUT2D eigenvalue weighted by atomic mass is 32.1. The van der Waals surface area contributed by atoms with E-state index < -0.39 is 5.97 Å². The summed E-state index contributed by atoms with van der Waals surface area (Å²) in [5.41, 5.74) is 2.82. The summed E-state index contributed by atoms with van der Waals surface area (Å²) in [6.45, 7) is 7.55. The largest absolute Gasteiger partial charge is 0.452 e. The van der Waals surface area contributed by atoms with E-state index in [2.05, 4.69) is 24.4 Å². The van der Waals surface area contributed by atoms with Crippen molar-refractivity contribution in [1.82, 2.24) is 5.32 Å². The number of esters is 1. The van der Waals surface area contributed by atoms with Crippen molar-refractivity contribution in [2.24, 2.45) is 0 Å². The monoisotopic (exact) mass is 345 g/mol. The first-order valence-corrected chi connectivity index (χ1v) is 8.84. The number of ether oxygens (including phenoxy) is 1. The molecule has 0 unspecified atom stereocenters. The van der Waals surface area contributed by atoms with E-state index in [0.717, 1.165) is 21.7 Å². The van der Waals surface area contributed by atoms with Gasteiger partial charge in [-0.1, -0.05) is 31.2 Å². The van der Waals surface area contributed by atoms with E-state index in [1.807, 2.05) is 32.9 Å². The van der Waals surface area contributed by atoms with E-state index >= 15 is 0 Å². The fraction of sp³-hybridized carbons (Fsp3) is 0.368. The summed E-state index contributed by atoms with van der Waals surface area (Å²) in [4.78, 5) is 26.0. The Morgan fingerprint density at radius 2 is 1.88 bits per heavy atom. The summed E-state index contributed by atoms with van der Waals surface area (Å²) in [7, 11) is 0. The highest BCUT2D eigenvalue weighted by Gasteiger charge is 2.16. The van der Waals surface area contributed by atoms with E-state index in [0.29, 0.717) is 5.56 Å². The number of aryl methyl sites for hydroxylation is 3. The second-order valence-corrected chi connectivity index (χ2v) is 7.25. The first kappa shape index (κ1) is 18.2. The van der Waals surface area contributed by atoms with Crippen molar-refractivity contribution in [1.29, 1.82) is 0 Å². The lowest BCUT2D eigenvalue weighted by atomic mass is 10.1. The summed E-state index contributed by atoms with van der Waals surface area (Å²) in [6.07, 6.45) is 0.985. The molecule has 1 amide bonds. The van der Waals surface area contributed by atoms with E-state index in [1.165, 1.54) is 5.56 Å². The lowest BCUT2D eigenvalue weighted by molar-refractivity contribution is -0.124. The topological polar surface area (TPSA) is 55.4 Å². The molecule has 2 rings (SSSR count). The summed E-state index contributed by atoms with van der Waals surface area (Å²) >= 11 is 1.54. The summed E-state index contributed by atoms with van der Waals surface area (Å²) < 4.78 is 5.11. The van der Waals surface area contributed by atoms with Crippen LogP contribution in [0.2, 0.25) is 0 Å². The van der Waals surface area contributed by atoms with Crippen LogP contribution in [0.5, 0.6) is 0 Å². The molecule has 0 aliphatic rings. The molecule has 1 aromatic carbocycles. The molecule has 128 valence electrons. The molecule has 0 fully saturated rings. The molecule has 1 heterocycles. The van der Waals surface area contributed by atoms with Gasteiger partial charge in [0, 0.05) is 9.75 Å². The smallest absolute Gasteiger partial charge is 0.339 e. The molecule has 0 aliphatic carbocycles. The number of carbonyl (C=O) groups is 2. The molecule has 2 aromatic rings. The van der Waals surface area contributed by atoms with E-state index in [4.69, 9.17) is 4.74 Å². The third-order valence-electron chi connectivity index (χ3n) is 3.86. The highest BCUT2D eigenvalue weighted by molar-refractivity contribution is 7.12. The quantitative estimate of drug-likeness (QED) is 0.806. The molecular formula is C19H23NO3S. The molecule has 1 aromatic heterocycles. The fourth-order valence-corrected chi connectivity index (χ4v) is 3.36. The van der Waals surface area contributed by atoms with Crippen molar-refractivity contribution in [3.8, 4) is 0 Å². The fourth-order valence-electron chi connectivity index (χ4n) is 2.45. The normalized spacial score (nSPS) is 11.8. The van der Waals surface area contributed by atoms with Crippen LogP contribution in [-0.2, 0) is 16.0 Å². The predicted molar refractivity (Wildman–Crippen MR) is 96.5 cm³/mol. The molecule has 0 aliphatic heterocycles. The summed E-state index contributed by atoms with van der Waals surface area (Å²) in [5, 5.41) is 2.85. The maximum Gasteiger partial charge on any atom is 0.339 e. The summed E-state index contributed by atoms with van der Waals surface area (Å²) in [5.74, 6) is -0.757. The third kappa shape index (κ3) is 4.68. The molecule has 1 N–H and O–H groups in total. The lowest BCUT2D eigenvalue weighted by Gasteiger charge is -2.15. The molecule has 0 radical (unpaired) electrons. The molecular weight excluding hydrogens is 322 g/mol. The standard InChI is InChI=1S/C19H23NO3S/c1-5-15-6-8-16(9-7-15)13(3)20-18(21)11-23-19(22)17-10-12(2)24-14(17)4/h6-10,13H,5,11H2,1-4H3,(H,20,21)/t13-/m1/s1. The van der Waals surface area contributed by atoms with Gasteiger partial charge in [-0.15, -0.1) is 11.3 Å². The zero-order valence-electron chi connectivity index (χ0n) is 14.5. The Balaban J connectivity index is 1.86. The van der Waals surface area contributed by atoms with Gasteiger partial charge < -0.3 is 10.1 Å². The van der Waals surface area contributed by atoms with Crippen molar-refractivity contribution >= 4 is 23.2 Å². The van der Waals surface area contributed by atoms with Gasteiger partial charge in [0.25, 0.3) is 5.91 Å². The number of nitrogens with one attached hydrogen (secondary N) is 1. The van der Waals surface area contributed by atoms with Crippen LogP contribution in [0.25, 0.3) is 0 Å². The Kier molecular flexibility index (Phi) is 6.15. The van der Waals surface area contributed by atoms with Crippen LogP contribution < -0.4 is 5.32 Å². The van der Waals surface area contributed by atoms with Gasteiger partial charge >= 0.3 is 5.97 Å². The molecule has 1 atom stereocenters. The first-order chi connectivity index (χ1) is 11.4. The number of amides is 1. The second-order valence-electron chi connectivity index (χ2n) is 5.79. The zero-order chi connectivity index (χ0) is 17.7. The Hall–Kier alpha value is -2.14. The van der Waals surface area contributed by atoms with Gasteiger partial charge in [-0.25, -0.2) is 4.79 Å². The van der Waals surface area contributed by atoms with Gasteiger partial charge in [-0.3, -0.25) is 4.79 Å². The predicted octanol–water partition coefficient (Wildman–Crippen LogP) is 3.96. The van der Waals surface area contributed by atoms with Gasteiger partial charge in [0.05, 0.1) is 11.6 Å². The van der Waals surface area contributed by atoms with Crippen LogP contribution >= 0.6 is 11.3 Å². The minimum absolute atomic E-state index is 0.132. The Morgan fingerprint density at radius 1 is 1.21 bits per heavy atom. The number of hydrogen-bond donors (Lipinski definition) is 1. The van der Waals surface area contributed by atoms with Crippen LogP contribution in [0, 0.1) is 13.8 Å². The maximum atomic E-state index is 12.0. The number of thiophene rings is 1. The van der Waals surface area contributed by atoms with Crippen molar-refractivity contribution in [2.45, 2.75) is 40.2 Å². The minimum atomic E-state index is -0.452. The molecule has 4 nitrogen and oxygen atoms in total. The summed E-state index contributed by atoms with van der Waals surface area (Å²) in [6, 6.07) is 9.78. The van der Waals surface area contributed by atoms with Crippen LogP contribution in [-0.4, -0.2) is 18.5 Å². The number of rotatable bonds is 6. The third-order valence-corrected chi connectivity index (χ3v) is 4.83. The molecule has 0 saturated carbocycles. The first-order valence-electron chi connectivity index (χ1n) is 8.03. The maximum absolute atomic E-state index is 12.0. The average molecular weight is 345 g/mol. The van der Waals surface area contributed by atoms with E-state index in [9.17, 15) is 9.59 Å². The van der Waals surface area contributed by atoms with Gasteiger partial charge in [0.1, 0.15) is 0 Å². The van der Waals surface area contributed by atoms with Crippen molar-refractivity contribution in [3.63, 3.8) is 0 Å². The molecule has 5 heteroatoms. The van der Waals surface area contributed by atoms with E-state index in [-0.39, 0.29) is 18.6 Å². The molecule has 0 bridgehead atoms. The lowest BCUT2D eigenvalue weighted by Crippen LogP contribution is -2.31. The Morgan fingerprint density at radius 3 is 2.42 bits per heavy atom. The minimum Gasteiger partial charge on any atom is -0.452 e. The SMILES string of the molecule is CCc1ccc([C@@H](C)NC(=O)COC(=O)c2cc(C)sc2C)cc1. The average Bonchev–Trinajstić information content (AvgIpc) is 2.91. The number of benzene rings is 1. The second kappa shape index (κ2) is 8.11. The van der Waals surface area contributed by atoms with Crippen molar-refractivity contribution < 1.29 is 14.3 Å². The molecule has 0 spiro atoms. The van der Waals surface area contributed by atoms with Gasteiger partial charge in [0.15, 0.2) is 6.61 Å². The van der Waals surface area contributed by atoms with Crippen molar-refractivity contribution in [2.75, 3.05) is 6.61 Å². The Bertz CT molecular complexity index is 719. The Labute approximate surface area is 146 Å². The van der Waals surface area contributed by atoms with Crippen LogP contribution in [0.15, 0.2) is 30.3 Å². The van der Waals surface area contributed by atoms with Crippen LogP contribution in [0.4, 0.5) is 0 Å². The van der Waals surface area contributed by atoms with Crippen molar-refractivity contribution in [3.05, 3.63) is 56.8 Å². The number of carbonyl (C=O) groups excluding carboxylic acids is 2. The van der Waals surface area contributed by atoms with Gasteiger partial charge in [-0.2, -0.15) is 0 Å². The van der Waals surface area contributed by atoms with Crippen LogP contribution in [0.3, 0.4) is 0 Å².